The summed E-state index contributed by atoms with van der Waals surface area (Å²) < 4.78 is 4.62. The van der Waals surface area contributed by atoms with Crippen molar-refractivity contribution in [1.29, 1.82) is 0 Å². The molecule has 2 N–H and O–H groups in total. The van der Waals surface area contributed by atoms with Crippen LogP contribution in [0.25, 0.3) is 0 Å². The number of carboxylic acids is 1. The van der Waals surface area contributed by atoms with E-state index in [1.54, 1.807) is 0 Å². The number of hydrogen-bond acceptors (Lipinski definition) is 5. The number of nitrogens with one attached hydrogen (secondary N) is 1. The van der Waals surface area contributed by atoms with E-state index in [9.17, 15) is 9.59 Å². The Hall–Kier alpha value is -2.44. The summed E-state index contributed by atoms with van der Waals surface area (Å²) in [5.74, 6) is -1.62. The summed E-state index contributed by atoms with van der Waals surface area (Å²) in [4.78, 5) is 28.7. The lowest BCUT2D eigenvalue weighted by Gasteiger charge is -2.04. The Bertz CT molecular complexity index is 419. The number of ether oxygens (including phenoxy) is 1. The summed E-state index contributed by atoms with van der Waals surface area (Å²) in [6.45, 7) is 3.43. The fourth-order valence-corrected chi connectivity index (χ4v) is 0.807. The van der Waals surface area contributed by atoms with Crippen LogP contribution in [-0.2, 0) is 4.74 Å². The van der Waals surface area contributed by atoms with Gasteiger partial charge in [0.1, 0.15) is 12.4 Å². The Labute approximate surface area is 90.8 Å². The van der Waals surface area contributed by atoms with Gasteiger partial charge in [-0.1, -0.05) is 12.7 Å². The minimum atomic E-state index is -1.27. The molecule has 0 radical (unpaired) electrons. The van der Waals surface area contributed by atoms with Gasteiger partial charge in [0, 0.05) is 6.20 Å². The van der Waals surface area contributed by atoms with Crippen molar-refractivity contribution in [2.45, 2.75) is 0 Å². The maximum Gasteiger partial charge on any atom is 0.413 e. The zero-order valence-corrected chi connectivity index (χ0v) is 8.21. The molecule has 0 saturated heterocycles. The summed E-state index contributed by atoms with van der Waals surface area (Å²) >= 11 is 0. The average Bonchev–Trinajstić information content (AvgIpc) is 2.26. The molecule has 84 valence electrons. The third kappa shape index (κ3) is 3.37. The second-order valence-corrected chi connectivity index (χ2v) is 2.58. The molecule has 1 amide bonds. The van der Waals surface area contributed by atoms with Crippen molar-refractivity contribution in [3.05, 3.63) is 30.7 Å². The van der Waals surface area contributed by atoms with Crippen LogP contribution >= 0.6 is 0 Å². The van der Waals surface area contributed by atoms with Crippen LogP contribution in [0.5, 0.6) is 0 Å². The molecule has 0 aliphatic carbocycles. The lowest BCUT2D eigenvalue weighted by molar-refractivity contribution is 0.0683. The SMILES string of the molecule is C=CCOC(=O)Nc1ccnc(C(=O)O)n1. The highest BCUT2D eigenvalue weighted by molar-refractivity contribution is 5.86. The first-order valence-corrected chi connectivity index (χ1v) is 4.24. The number of rotatable bonds is 4. The molecule has 0 spiro atoms. The number of carbonyl (C=O) groups excluding carboxylic acids is 1. The molecular formula is C9H9N3O4. The van der Waals surface area contributed by atoms with Gasteiger partial charge in [-0.15, -0.1) is 0 Å². The molecule has 0 aliphatic heterocycles. The Kier molecular flexibility index (Phi) is 3.96. The minimum Gasteiger partial charge on any atom is -0.475 e. The third-order valence-corrected chi connectivity index (χ3v) is 1.41. The van der Waals surface area contributed by atoms with Crippen LogP contribution < -0.4 is 5.32 Å². The largest absolute Gasteiger partial charge is 0.475 e. The molecule has 7 heteroatoms. The van der Waals surface area contributed by atoms with Crippen LogP contribution in [-0.4, -0.2) is 33.7 Å². The molecule has 0 bridgehead atoms. The Morgan fingerprint density at radius 3 is 3.00 bits per heavy atom. The summed E-state index contributed by atoms with van der Waals surface area (Å²) in [6, 6.07) is 1.35. The van der Waals surface area contributed by atoms with Gasteiger partial charge in [-0.05, 0) is 6.07 Å². The van der Waals surface area contributed by atoms with E-state index in [4.69, 9.17) is 5.11 Å². The molecule has 0 aliphatic rings. The topological polar surface area (TPSA) is 101 Å². The van der Waals surface area contributed by atoms with Crippen molar-refractivity contribution in [1.82, 2.24) is 9.97 Å². The number of carbonyl (C=O) groups is 2. The van der Waals surface area contributed by atoms with Gasteiger partial charge in [0.25, 0.3) is 0 Å². The van der Waals surface area contributed by atoms with Crippen molar-refractivity contribution in [3.8, 4) is 0 Å². The second kappa shape index (κ2) is 5.44. The van der Waals surface area contributed by atoms with E-state index in [1.165, 1.54) is 18.3 Å². The fourth-order valence-electron chi connectivity index (χ4n) is 0.807. The molecule has 7 nitrogen and oxygen atoms in total. The molecule has 0 saturated carbocycles. The van der Waals surface area contributed by atoms with Gasteiger partial charge in [0.15, 0.2) is 0 Å². The normalized spacial score (nSPS) is 9.25. The number of aromatic carboxylic acids is 1. The van der Waals surface area contributed by atoms with Crippen LogP contribution in [0.15, 0.2) is 24.9 Å². The first-order chi connectivity index (χ1) is 7.63. The Balaban J connectivity index is 2.66. The van der Waals surface area contributed by atoms with Crippen LogP contribution in [0.3, 0.4) is 0 Å². The number of hydrogen-bond donors (Lipinski definition) is 2. The van der Waals surface area contributed by atoms with E-state index in [0.717, 1.165) is 0 Å². The van der Waals surface area contributed by atoms with E-state index in [1.807, 2.05) is 0 Å². The van der Waals surface area contributed by atoms with Crippen LogP contribution in [0.4, 0.5) is 10.6 Å². The van der Waals surface area contributed by atoms with E-state index in [-0.39, 0.29) is 12.4 Å². The molecule has 1 aromatic heterocycles. The number of aromatic nitrogens is 2. The molecule has 1 aromatic rings. The lowest BCUT2D eigenvalue weighted by atomic mass is 10.5. The highest BCUT2D eigenvalue weighted by atomic mass is 16.5. The number of nitrogens with zero attached hydrogens (tertiary/aromatic N) is 2. The fraction of sp³-hybridized carbons (Fsp3) is 0.111. The number of amides is 1. The molecule has 16 heavy (non-hydrogen) atoms. The smallest absolute Gasteiger partial charge is 0.413 e. The van der Waals surface area contributed by atoms with Gasteiger partial charge in [0.2, 0.25) is 5.82 Å². The molecule has 1 rings (SSSR count). The van der Waals surface area contributed by atoms with Gasteiger partial charge in [-0.25, -0.2) is 19.6 Å². The van der Waals surface area contributed by atoms with Gasteiger partial charge in [-0.2, -0.15) is 0 Å². The summed E-state index contributed by atoms with van der Waals surface area (Å²) in [5.41, 5.74) is 0. The highest BCUT2D eigenvalue weighted by Crippen LogP contribution is 2.02. The van der Waals surface area contributed by atoms with E-state index in [2.05, 4.69) is 26.6 Å². The predicted octanol–water partition coefficient (Wildman–Crippen LogP) is 0.909. The van der Waals surface area contributed by atoms with Crippen molar-refractivity contribution in [2.75, 3.05) is 11.9 Å². The van der Waals surface area contributed by atoms with Gasteiger partial charge in [-0.3, -0.25) is 5.32 Å². The zero-order chi connectivity index (χ0) is 12.0. The predicted molar refractivity (Wildman–Crippen MR) is 54.2 cm³/mol. The minimum absolute atomic E-state index is 0.0569. The van der Waals surface area contributed by atoms with E-state index >= 15 is 0 Å². The molecule has 0 unspecified atom stereocenters. The highest BCUT2D eigenvalue weighted by Gasteiger charge is 2.09. The maximum atomic E-state index is 11.1. The molecular weight excluding hydrogens is 214 g/mol. The van der Waals surface area contributed by atoms with E-state index < -0.39 is 17.9 Å². The molecule has 0 atom stereocenters. The average molecular weight is 223 g/mol. The molecule has 1 heterocycles. The number of carboxylic acid groups (broad SMARTS) is 1. The standard InChI is InChI=1S/C9H9N3O4/c1-2-5-16-9(15)12-6-3-4-10-7(11-6)8(13)14/h2-4H,1,5H2,(H,13,14)(H,10,11,12,15). The maximum absolute atomic E-state index is 11.1. The third-order valence-electron chi connectivity index (χ3n) is 1.41. The quantitative estimate of drug-likeness (QED) is 0.735. The molecule has 0 fully saturated rings. The monoisotopic (exact) mass is 223 g/mol. The van der Waals surface area contributed by atoms with Crippen molar-refractivity contribution in [2.24, 2.45) is 0 Å². The van der Waals surface area contributed by atoms with Crippen LogP contribution in [0.2, 0.25) is 0 Å². The van der Waals surface area contributed by atoms with Crippen molar-refractivity contribution >= 4 is 17.9 Å². The van der Waals surface area contributed by atoms with Gasteiger partial charge < -0.3 is 9.84 Å². The molecule has 0 aromatic carbocycles. The first kappa shape index (κ1) is 11.6. The Morgan fingerprint density at radius 2 is 2.38 bits per heavy atom. The zero-order valence-electron chi connectivity index (χ0n) is 8.21. The summed E-state index contributed by atoms with van der Waals surface area (Å²) in [6.07, 6.45) is 1.89. The summed E-state index contributed by atoms with van der Waals surface area (Å²) in [7, 11) is 0. The van der Waals surface area contributed by atoms with Crippen LogP contribution in [0, 0.1) is 0 Å². The van der Waals surface area contributed by atoms with Gasteiger partial charge in [0.05, 0.1) is 0 Å². The lowest BCUT2D eigenvalue weighted by Crippen LogP contribution is -2.16. The number of anilines is 1. The van der Waals surface area contributed by atoms with E-state index in [0.29, 0.717) is 0 Å². The Morgan fingerprint density at radius 1 is 1.62 bits per heavy atom. The van der Waals surface area contributed by atoms with Crippen molar-refractivity contribution in [3.63, 3.8) is 0 Å². The van der Waals surface area contributed by atoms with Crippen LogP contribution in [0.1, 0.15) is 10.6 Å². The summed E-state index contributed by atoms with van der Waals surface area (Å²) in [5, 5.41) is 10.9. The van der Waals surface area contributed by atoms with Gasteiger partial charge >= 0.3 is 12.1 Å². The second-order valence-electron chi connectivity index (χ2n) is 2.58. The first-order valence-electron chi connectivity index (χ1n) is 4.24. The van der Waals surface area contributed by atoms with Crippen molar-refractivity contribution < 1.29 is 19.4 Å².